The number of anilines is 1. The highest BCUT2D eigenvalue weighted by molar-refractivity contribution is 6.00. The van der Waals surface area contributed by atoms with E-state index in [0.717, 1.165) is 27.6 Å². The molecule has 152 valence electrons. The maximum Gasteiger partial charge on any atom is 0.411 e. The Morgan fingerprint density at radius 3 is 2.70 bits per heavy atom. The third-order valence-electron chi connectivity index (χ3n) is 4.99. The third kappa shape index (κ3) is 3.28. The van der Waals surface area contributed by atoms with Gasteiger partial charge in [-0.15, -0.1) is 0 Å². The Kier molecular flexibility index (Phi) is 4.95. The zero-order valence-corrected chi connectivity index (χ0v) is 17.2. The molecular formula is C23H21FN4O2. The van der Waals surface area contributed by atoms with Crippen molar-refractivity contribution in [1.29, 1.82) is 0 Å². The molecule has 0 aliphatic rings. The second-order valence-electron chi connectivity index (χ2n) is 6.99. The monoisotopic (exact) mass is 404 g/mol. The molecule has 0 aliphatic heterocycles. The van der Waals surface area contributed by atoms with Crippen molar-refractivity contribution in [1.82, 2.24) is 9.38 Å². The summed E-state index contributed by atoms with van der Waals surface area (Å²) in [6.45, 7) is 5.69. The molecule has 0 radical (unpaired) electrons. The Morgan fingerprint density at radius 2 is 2.00 bits per heavy atom. The number of rotatable bonds is 3. The topological polar surface area (TPSA) is 68.0 Å². The summed E-state index contributed by atoms with van der Waals surface area (Å²) < 4.78 is 20.3. The largest absolute Gasteiger partial charge is 0.453 e. The summed E-state index contributed by atoms with van der Waals surface area (Å²) in [6, 6.07) is 12.3. The Balaban J connectivity index is 2.05. The number of imidazole rings is 1. The average Bonchev–Trinajstić information content (AvgIpc) is 3.09. The van der Waals surface area contributed by atoms with Crippen molar-refractivity contribution >= 4 is 40.2 Å². The van der Waals surface area contributed by atoms with E-state index in [1.54, 1.807) is 12.3 Å². The maximum absolute atomic E-state index is 13.7. The molecule has 4 rings (SSSR count). The molecule has 0 saturated heterocycles. The molecular weight excluding hydrogens is 383 g/mol. The van der Waals surface area contributed by atoms with E-state index in [0.29, 0.717) is 22.8 Å². The normalized spacial score (nSPS) is 11.5. The highest BCUT2D eigenvalue weighted by Gasteiger charge is 2.19. The van der Waals surface area contributed by atoms with Crippen molar-refractivity contribution < 1.29 is 13.9 Å². The van der Waals surface area contributed by atoms with E-state index in [1.807, 2.05) is 49.4 Å². The first-order valence-electron chi connectivity index (χ1n) is 9.49. The predicted molar refractivity (Wildman–Crippen MR) is 117 cm³/mol. The molecule has 0 atom stereocenters. The van der Waals surface area contributed by atoms with Crippen LogP contribution < -0.4 is 5.32 Å². The van der Waals surface area contributed by atoms with Crippen LogP contribution in [0.4, 0.5) is 20.7 Å². The SMILES string of the molecule is CC=Nc1c(-c2ccc(F)cc2C)nc2c3cc(NC(=O)OC)ccc3cc(C)n12. The first-order valence-corrected chi connectivity index (χ1v) is 9.49. The molecule has 2 aromatic carbocycles. The zero-order chi connectivity index (χ0) is 21.4. The van der Waals surface area contributed by atoms with E-state index < -0.39 is 6.09 Å². The number of hydrogen-bond acceptors (Lipinski definition) is 4. The number of carbonyl (C=O) groups excluding carboxylic acids is 1. The van der Waals surface area contributed by atoms with Crippen LogP contribution in [0.5, 0.6) is 0 Å². The van der Waals surface area contributed by atoms with Gasteiger partial charge in [-0.3, -0.25) is 9.72 Å². The van der Waals surface area contributed by atoms with Crippen LogP contribution in [0.3, 0.4) is 0 Å². The van der Waals surface area contributed by atoms with Crippen molar-refractivity contribution in [3.63, 3.8) is 0 Å². The lowest BCUT2D eigenvalue weighted by Crippen LogP contribution is -2.10. The van der Waals surface area contributed by atoms with Crippen molar-refractivity contribution in [3.05, 3.63) is 59.5 Å². The summed E-state index contributed by atoms with van der Waals surface area (Å²) in [5, 5.41) is 4.52. The van der Waals surface area contributed by atoms with E-state index >= 15 is 0 Å². The molecule has 0 unspecified atom stereocenters. The number of halogens is 1. The van der Waals surface area contributed by atoms with Crippen LogP contribution in [0.25, 0.3) is 27.7 Å². The number of aliphatic imine (C=N–C) groups is 1. The zero-order valence-electron chi connectivity index (χ0n) is 17.2. The van der Waals surface area contributed by atoms with Gasteiger partial charge in [-0.2, -0.15) is 0 Å². The molecule has 7 heteroatoms. The average molecular weight is 404 g/mol. The number of aromatic nitrogens is 2. The fourth-order valence-corrected chi connectivity index (χ4v) is 3.65. The quantitative estimate of drug-likeness (QED) is 0.438. The lowest BCUT2D eigenvalue weighted by Gasteiger charge is -2.09. The molecule has 2 aromatic heterocycles. The number of amides is 1. The lowest BCUT2D eigenvalue weighted by atomic mass is 10.1. The van der Waals surface area contributed by atoms with E-state index in [-0.39, 0.29) is 5.82 Å². The Hall–Kier alpha value is -3.74. The summed E-state index contributed by atoms with van der Waals surface area (Å²) in [5.74, 6) is 0.383. The van der Waals surface area contributed by atoms with Crippen molar-refractivity contribution in [2.75, 3.05) is 12.4 Å². The molecule has 4 aromatic rings. The Bertz CT molecular complexity index is 1320. The third-order valence-corrected chi connectivity index (χ3v) is 4.99. The summed E-state index contributed by atoms with van der Waals surface area (Å²) >= 11 is 0. The van der Waals surface area contributed by atoms with Gasteiger partial charge in [0.25, 0.3) is 0 Å². The van der Waals surface area contributed by atoms with Gasteiger partial charge in [0.1, 0.15) is 17.2 Å². The molecule has 1 N–H and O–H groups in total. The minimum Gasteiger partial charge on any atom is -0.453 e. The van der Waals surface area contributed by atoms with Crippen LogP contribution in [0.2, 0.25) is 0 Å². The summed E-state index contributed by atoms with van der Waals surface area (Å²) in [7, 11) is 1.32. The first kappa shape index (κ1) is 19.6. The minimum absolute atomic E-state index is 0.291. The standard InChI is InChI=1S/C23H21FN4O2/c1-5-25-22-20(18-9-7-16(24)10-13(18)2)27-21-19-12-17(26-23(29)30-4)8-6-15(19)11-14(3)28(21)22/h5-12H,1-4H3,(H,26,29). The number of carbonyl (C=O) groups is 1. The number of aryl methyl sites for hydroxylation is 2. The fraction of sp³-hybridized carbons (Fsp3) is 0.174. The van der Waals surface area contributed by atoms with E-state index in [2.05, 4.69) is 15.0 Å². The smallest absolute Gasteiger partial charge is 0.411 e. The maximum atomic E-state index is 13.7. The number of benzene rings is 2. The number of fused-ring (bicyclic) bond motifs is 3. The molecule has 2 heterocycles. The number of hydrogen-bond donors (Lipinski definition) is 1. The van der Waals surface area contributed by atoms with Crippen LogP contribution in [-0.2, 0) is 4.74 Å². The number of methoxy groups -OCH3 is 1. The first-order chi connectivity index (χ1) is 14.4. The number of ether oxygens (including phenoxy) is 1. The van der Waals surface area contributed by atoms with Gasteiger partial charge in [-0.1, -0.05) is 6.07 Å². The van der Waals surface area contributed by atoms with Crippen LogP contribution in [-0.4, -0.2) is 28.8 Å². The van der Waals surface area contributed by atoms with Gasteiger partial charge in [0.2, 0.25) is 0 Å². The number of nitrogens with zero attached hydrogens (tertiary/aromatic N) is 3. The summed E-state index contributed by atoms with van der Waals surface area (Å²) in [4.78, 5) is 21.1. The second kappa shape index (κ2) is 7.59. The van der Waals surface area contributed by atoms with Gasteiger partial charge in [0.05, 0.1) is 7.11 Å². The molecule has 0 saturated carbocycles. The van der Waals surface area contributed by atoms with Crippen molar-refractivity contribution in [3.8, 4) is 11.3 Å². The lowest BCUT2D eigenvalue weighted by molar-refractivity contribution is 0.187. The number of nitrogens with one attached hydrogen (secondary N) is 1. The molecule has 0 fully saturated rings. The van der Waals surface area contributed by atoms with Crippen LogP contribution in [0.1, 0.15) is 18.2 Å². The highest BCUT2D eigenvalue weighted by Crippen LogP contribution is 2.37. The van der Waals surface area contributed by atoms with Crippen molar-refractivity contribution in [2.45, 2.75) is 20.8 Å². The highest BCUT2D eigenvalue weighted by atomic mass is 19.1. The molecule has 0 aliphatic carbocycles. The van der Waals surface area contributed by atoms with Crippen LogP contribution >= 0.6 is 0 Å². The van der Waals surface area contributed by atoms with E-state index in [4.69, 9.17) is 4.98 Å². The van der Waals surface area contributed by atoms with Gasteiger partial charge in [0, 0.05) is 28.5 Å². The second-order valence-corrected chi connectivity index (χ2v) is 6.99. The summed E-state index contributed by atoms with van der Waals surface area (Å²) in [5.41, 5.74) is 4.54. The Morgan fingerprint density at radius 1 is 1.20 bits per heavy atom. The molecule has 1 amide bonds. The van der Waals surface area contributed by atoms with Gasteiger partial charge >= 0.3 is 6.09 Å². The predicted octanol–water partition coefficient (Wildman–Crippen LogP) is 5.81. The van der Waals surface area contributed by atoms with Crippen LogP contribution in [0, 0.1) is 19.7 Å². The van der Waals surface area contributed by atoms with Gasteiger partial charge < -0.3 is 4.74 Å². The molecule has 0 bridgehead atoms. The Labute approximate surface area is 173 Å². The van der Waals surface area contributed by atoms with Gasteiger partial charge in [-0.25, -0.2) is 19.2 Å². The molecule has 30 heavy (non-hydrogen) atoms. The minimum atomic E-state index is -0.542. The van der Waals surface area contributed by atoms with Gasteiger partial charge in [0.15, 0.2) is 5.82 Å². The van der Waals surface area contributed by atoms with Gasteiger partial charge in [-0.05, 0) is 68.1 Å². The van der Waals surface area contributed by atoms with Crippen LogP contribution in [0.15, 0.2) is 47.5 Å². The van der Waals surface area contributed by atoms with E-state index in [9.17, 15) is 9.18 Å². The molecule has 0 spiro atoms. The summed E-state index contributed by atoms with van der Waals surface area (Å²) in [6.07, 6.45) is 1.17. The fourth-order valence-electron chi connectivity index (χ4n) is 3.65. The van der Waals surface area contributed by atoms with E-state index in [1.165, 1.54) is 19.2 Å². The molecule has 6 nitrogen and oxygen atoms in total. The van der Waals surface area contributed by atoms with Crippen molar-refractivity contribution in [2.24, 2.45) is 4.99 Å². The number of pyridine rings is 1.